The number of carbonyl (C=O) groups is 1. The summed E-state index contributed by atoms with van der Waals surface area (Å²) in [6, 6.07) is 7.55. The summed E-state index contributed by atoms with van der Waals surface area (Å²) in [5, 5.41) is 14.2. The predicted octanol–water partition coefficient (Wildman–Crippen LogP) is 2.84. The van der Waals surface area contributed by atoms with Crippen LogP contribution in [0.1, 0.15) is 50.4 Å². The van der Waals surface area contributed by atoms with Crippen molar-refractivity contribution in [2.75, 3.05) is 32.7 Å². The van der Waals surface area contributed by atoms with Gasteiger partial charge in [0, 0.05) is 37.2 Å². The molecule has 0 saturated carbocycles. The lowest BCUT2D eigenvalue weighted by Crippen LogP contribution is -2.47. The number of hydrogen-bond donors (Lipinski definition) is 1. The van der Waals surface area contributed by atoms with Crippen molar-refractivity contribution in [1.82, 2.24) is 30.4 Å². The van der Waals surface area contributed by atoms with Gasteiger partial charge in [0.25, 0.3) is 5.91 Å². The van der Waals surface area contributed by atoms with Crippen molar-refractivity contribution in [3.05, 3.63) is 29.8 Å². The van der Waals surface area contributed by atoms with Gasteiger partial charge in [-0.05, 0) is 42.5 Å². The van der Waals surface area contributed by atoms with Crippen molar-refractivity contribution in [3.8, 4) is 11.4 Å². The third kappa shape index (κ3) is 3.94. The molecule has 1 amide bonds. The minimum Gasteiger partial charge on any atom is -0.338 e. The minimum atomic E-state index is 0.0743. The zero-order chi connectivity index (χ0) is 19.8. The van der Waals surface area contributed by atoms with Gasteiger partial charge < -0.3 is 9.80 Å². The zero-order valence-electron chi connectivity index (χ0n) is 17.1. The van der Waals surface area contributed by atoms with Gasteiger partial charge in [0.05, 0.1) is 5.56 Å². The molecule has 2 saturated heterocycles. The number of nitrogens with one attached hydrogen (secondary N) is 1. The van der Waals surface area contributed by atoms with Gasteiger partial charge in [-0.2, -0.15) is 5.21 Å². The van der Waals surface area contributed by atoms with Crippen LogP contribution < -0.4 is 0 Å². The Hall–Kier alpha value is -2.28. The fraction of sp³-hybridized carbons (Fsp3) is 0.619. The van der Waals surface area contributed by atoms with Gasteiger partial charge in [0.2, 0.25) is 5.82 Å². The largest absolute Gasteiger partial charge is 0.338 e. The van der Waals surface area contributed by atoms with E-state index < -0.39 is 0 Å². The third-order valence-electron chi connectivity index (χ3n) is 5.91. The first kappa shape index (κ1) is 19.1. The van der Waals surface area contributed by atoms with Crippen LogP contribution in [0, 0.1) is 10.8 Å². The number of likely N-dealkylation sites (tertiary alicyclic amines) is 2. The Kier molecular flexibility index (Phi) is 4.95. The third-order valence-corrected chi connectivity index (χ3v) is 5.91. The number of piperidine rings is 1. The maximum Gasteiger partial charge on any atom is 0.254 e. The Morgan fingerprint density at radius 2 is 2.00 bits per heavy atom. The van der Waals surface area contributed by atoms with E-state index in [1.54, 1.807) is 0 Å². The highest BCUT2D eigenvalue weighted by molar-refractivity contribution is 6.00. The van der Waals surface area contributed by atoms with Crippen LogP contribution in [0.3, 0.4) is 0 Å². The number of rotatable bonds is 3. The molecule has 0 bridgehead atoms. The lowest BCUT2D eigenvalue weighted by Gasteiger charge is -2.42. The van der Waals surface area contributed by atoms with Crippen LogP contribution in [0.15, 0.2) is 24.3 Å². The summed E-state index contributed by atoms with van der Waals surface area (Å²) in [4.78, 5) is 18.0. The second-order valence-corrected chi connectivity index (χ2v) is 9.63. The van der Waals surface area contributed by atoms with Gasteiger partial charge in [-0.3, -0.25) is 4.79 Å². The molecule has 7 heteroatoms. The van der Waals surface area contributed by atoms with Crippen molar-refractivity contribution in [3.63, 3.8) is 0 Å². The first-order chi connectivity index (χ1) is 13.4. The highest BCUT2D eigenvalue weighted by Crippen LogP contribution is 2.40. The van der Waals surface area contributed by atoms with Crippen LogP contribution in [-0.2, 0) is 0 Å². The number of amides is 1. The molecule has 0 radical (unpaired) electrons. The number of aromatic nitrogens is 4. The number of H-pyrrole nitrogens is 1. The van der Waals surface area contributed by atoms with E-state index in [0.717, 1.165) is 38.2 Å². The summed E-state index contributed by atoms with van der Waals surface area (Å²) in [6.45, 7) is 11.9. The normalized spacial score (nSPS) is 23.5. The van der Waals surface area contributed by atoms with E-state index in [1.807, 2.05) is 29.2 Å². The average molecular weight is 383 g/mol. The molecule has 2 aromatic rings. The molecule has 0 unspecified atom stereocenters. The van der Waals surface area contributed by atoms with E-state index in [1.165, 1.54) is 19.4 Å². The Labute approximate surface area is 166 Å². The van der Waals surface area contributed by atoms with E-state index in [4.69, 9.17) is 0 Å². The maximum absolute atomic E-state index is 13.3. The van der Waals surface area contributed by atoms with Crippen LogP contribution in [0.2, 0.25) is 0 Å². The Morgan fingerprint density at radius 3 is 2.75 bits per heavy atom. The quantitative estimate of drug-likeness (QED) is 0.883. The molecular formula is C21H30N6O. The summed E-state index contributed by atoms with van der Waals surface area (Å²) in [5.41, 5.74) is 1.93. The van der Waals surface area contributed by atoms with Crippen LogP contribution in [0.25, 0.3) is 11.4 Å². The van der Waals surface area contributed by atoms with Crippen molar-refractivity contribution in [2.24, 2.45) is 10.8 Å². The number of tetrazole rings is 1. The number of benzene rings is 1. The smallest absolute Gasteiger partial charge is 0.254 e. The van der Waals surface area contributed by atoms with Gasteiger partial charge in [-0.1, -0.05) is 39.0 Å². The molecule has 3 heterocycles. The molecule has 1 atom stereocenters. The molecule has 1 spiro atoms. The molecule has 28 heavy (non-hydrogen) atoms. The van der Waals surface area contributed by atoms with Gasteiger partial charge in [-0.15, -0.1) is 10.2 Å². The molecule has 7 nitrogen and oxygen atoms in total. The fourth-order valence-corrected chi connectivity index (χ4v) is 4.87. The summed E-state index contributed by atoms with van der Waals surface area (Å²) in [6.07, 6.45) is 3.52. The number of nitrogens with zero attached hydrogens (tertiary/aromatic N) is 5. The summed E-state index contributed by atoms with van der Waals surface area (Å²) in [7, 11) is 0. The first-order valence-corrected chi connectivity index (χ1v) is 10.2. The van der Waals surface area contributed by atoms with Crippen LogP contribution >= 0.6 is 0 Å². The van der Waals surface area contributed by atoms with Crippen LogP contribution in [0.5, 0.6) is 0 Å². The monoisotopic (exact) mass is 382 g/mol. The molecule has 0 aliphatic carbocycles. The maximum atomic E-state index is 13.3. The van der Waals surface area contributed by atoms with E-state index in [-0.39, 0.29) is 11.3 Å². The second-order valence-electron chi connectivity index (χ2n) is 9.63. The van der Waals surface area contributed by atoms with Gasteiger partial charge in [0.1, 0.15) is 0 Å². The van der Waals surface area contributed by atoms with E-state index in [9.17, 15) is 4.79 Å². The summed E-state index contributed by atoms with van der Waals surface area (Å²) in [5.74, 6) is 0.539. The van der Waals surface area contributed by atoms with E-state index in [2.05, 4.69) is 46.3 Å². The summed E-state index contributed by atoms with van der Waals surface area (Å²) < 4.78 is 0. The van der Waals surface area contributed by atoms with Crippen molar-refractivity contribution >= 4 is 5.91 Å². The van der Waals surface area contributed by atoms with Crippen LogP contribution in [-0.4, -0.2) is 69.1 Å². The highest BCUT2D eigenvalue weighted by atomic mass is 16.2. The lowest BCUT2D eigenvalue weighted by atomic mass is 9.78. The number of aromatic amines is 1. The molecule has 1 N–H and O–H groups in total. The zero-order valence-corrected chi connectivity index (χ0v) is 17.1. The SMILES string of the molecule is CC(C)(C)CN1CCC[C@@]2(CCN(C(=O)c3ccccc3-c3nn[nH]n3)C2)C1. The topological polar surface area (TPSA) is 78.0 Å². The van der Waals surface area contributed by atoms with Crippen LogP contribution in [0.4, 0.5) is 0 Å². The summed E-state index contributed by atoms with van der Waals surface area (Å²) >= 11 is 0. The Morgan fingerprint density at radius 1 is 1.18 bits per heavy atom. The standard InChI is InChI=1S/C21H30N6O/c1-20(2,3)13-26-11-6-9-21(14-26)10-12-27(15-21)19(28)17-8-5-4-7-16(17)18-22-24-25-23-18/h4-5,7-8H,6,9-15H2,1-3H3,(H,22,23,24,25)/t21-/m1/s1. The fourth-order valence-electron chi connectivity index (χ4n) is 4.87. The molecule has 150 valence electrons. The minimum absolute atomic E-state index is 0.0743. The molecular weight excluding hydrogens is 352 g/mol. The van der Waals surface area contributed by atoms with Crippen molar-refractivity contribution in [2.45, 2.75) is 40.0 Å². The number of hydrogen-bond acceptors (Lipinski definition) is 5. The van der Waals surface area contributed by atoms with Gasteiger partial charge in [-0.25, -0.2) is 0 Å². The molecule has 2 aliphatic rings. The average Bonchev–Trinajstić information content (AvgIpc) is 3.30. The lowest BCUT2D eigenvalue weighted by molar-refractivity contribution is 0.0595. The van der Waals surface area contributed by atoms with Gasteiger partial charge >= 0.3 is 0 Å². The van der Waals surface area contributed by atoms with Gasteiger partial charge in [0.15, 0.2) is 0 Å². The van der Waals surface area contributed by atoms with E-state index >= 15 is 0 Å². The highest BCUT2D eigenvalue weighted by Gasteiger charge is 2.43. The second kappa shape index (κ2) is 7.28. The first-order valence-electron chi connectivity index (χ1n) is 10.2. The molecule has 1 aromatic heterocycles. The van der Waals surface area contributed by atoms with Crippen molar-refractivity contribution in [1.29, 1.82) is 0 Å². The Balaban J connectivity index is 1.50. The van der Waals surface area contributed by atoms with E-state index in [0.29, 0.717) is 16.8 Å². The molecule has 2 fully saturated rings. The number of carbonyl (C=O) groups excluding carboxylic acids is 1. The Bertz CT molecular complexity index is 828. The molecule has 4 rings (SSSR count). The predicted molar refractivity (Wildman–Crippen MR) is 108 cm³/mol. The van der Waals surface area contributed by atoms with Crippen molar-refractivity contribution < 1.29 is 4.79 Å². The molecule has 1 aromatic carbocycles. The molecule has 2 aliphatic heterocycles.